The number of rotatable bonds is 6. The summed E-state index contributed by atoms with van der Waals surface area (Å²) in [6.45, 7) is 2.88. The SMILES string of the molecule is CCCCn1c(SCc2ccccc2)nc2ccsc2c1=O. The third-order valence-corrected chi connectivity index (χ3v) is 5.42. The minimum Gasteiger partial charge on any atom is -0.286 e. The maximum atomic E-state index is 12.6. The fraction of sp³-hybridized carbons (Fsp3) is 0.294. The normalized spacial score (nSPS) is 11.1. The number of unbranched alkanes of at least 4 members (excludes halogenated alkanes) is 1. The molecule has 114 valence electrons. The van der Waals surface area contributed by atoms with Crippen molar-refractivity contribution in [3.8, 4) is 0 Å². The summed E-state index contributed by atoms with van der Waals surface area (Å²) in [7, 11) is 0. The molecule has 0 aliphatic rings. The van der Waals surface area contributed by atoms with Gasteiger partial charge in [-0.1, -0.05) is 55.4 Å². The Morgan fingerprint density at radius 3 is 2.82 bits per heavy atom. The lowest BCUT2D eigenvalue weighted by atomic mass is 10.2. The van der Waals surface area contributed by atoms with Crippen molar-refractivity contribution >= 4 is 33.3 Å². The Hall–Kier alpha value is -1.59. The average Bonchev–Trinajstić information content (AvgIpc) is 3.02. The van der Waals surface area contributed by atoms with Gasteiger partial charge in [0.1, 0.15) is 4.70 Å². The molecule has 22 heavy (non-hydrogen) atoms. The maximum Gasteiger partial charge on any atom is 0.272 e. The number of thiophene rings is 1. The van der Waals surface area contributed by atoms with Crippen molar-refractivity contribution in [2.45, 2.75) is 37.2 Å². The standard InChI is InChI=1S/C17H18N2OS2/c1-2-3-10-19-16(20)15-14(9-11-21-15)18-17(19)22-12-13-7-5-4-6-8-13/h4-9,11H,2-3,10,12H2,1H3. The van der Waals surface area contributed by atoms with Crippen LogP contribution in [0.4, 0.5) is 0 Å². The monoisotopic (exact) mass is 330 g/mol. The van der Waals surface area contributed by atoms with E-state index in [0.29, 0.717) is 0 Å². The first-order valence-electron chi connectivity index (χ1n) is 7.44. The summed E-state index contributed by atoms with van der Waals surface area (Å²) in [5.74, 6) is 0.828. The quantitative estimate of drug-likeness (QED) is 0.491. The summed E-state index contributed by atoms with van der Waals surface area (Å²) in [4.78, 5) is 17.3. The zero-order valence-corrected chi connectivity index (χ0v) is 14.1. The van der Waals surface area contributed by atoms with Crippen LogP contribution in [0.25, 0.3) is 10.2 Å². The van der Waals surface area contributed by atoms with Crippen molar-refractivity contribution in [3.05, 3.63) is 57.7 Å². The Kier molecular flexibility index (Phi) is 4.95. The molecule has 5 heteroatoms. The van der Waals surface area contributed by atoms with Gasteiger partial charge in [0.25, 0.3) is 5.56 Å². The molecule has 0 bridgehead atoms. The third kappa shape index (κ3) is 3.25. The highest BCUT2D eigenvalue weighted by molar-refractivity contribution is 7.98. The second-order valence-electron chi connectivity index (χ2n) is 5.11. The van der Waals surface area contributed by atoms with E-state index in [2.05, 4.69) is 19.1 Å². The Labute approximate surface area is 138 Å². The van der Waals surface area contributed by atoms with Gasteiger partial charge < -0.3 is 0 Å². The zero-order chi connectivity index (χ0) is 15.4. The van der Waals surface area contributed by atoms with Gasteiger partial charge in [-0.15, -0.1) is 11.3 Å². The van der Waals surface area contributed by atoms with Gasteiger partial charge in [-0.3, -0.25) is 9.36 Å². The predicted molar refractivity (Wildman–Crippen MR) is 94.8 cm³/mol. The predicted octanol–water partition coefficient (Wildman–Crippen LogP) is 4.55. The Bertz CT molecular complexity index is 808. The molecule has 3 aromatic rings. The van der Waals surface area contributed by atoms with Gasteiger partial charge >= 0.3 is 0 Å². The second kappa shape index (κ2) is 7.11. The highest BCUT2D eigenvalue weighted by atomic mass is 32.2. The van der Waals surface area contributed by atoms with E-state index < -0.39 is 0 Å². The molecule has 3 nitrogen and oxygen atoms in total. The zero-order valence-electron chi connectivity index (χ0n) is 12.5. The largest absolute Gasteiger partial charge is 0.286 e. The Balaban J connectivity index is 1.93. The number of nitrogens with zero attached hydrogens (tertiary/aromatic N) is 2. The van der Waals surface area contributed by atoms with Crippen molar-refractivity contribution in [1.29, 1.82) is 0 Å². The molecule has 0 N–H and O–H groups in total. The van der Waals surface area contributed by atoms with Crippen LogP contribution >= 0.6 is 23.1 Å². The molecule has 2 heterocycles. The molecular formula is C17H18N2OS2. The van der Waals surface area contributed by atoms with Gasteiger partial charge in [0.05, 0.1) is 5.52 Å². The van der Waals surface area contributed by atoms with Gasteiger partial charge in [0.15, 0.2) is 5.16 Å². The molecule has 3 rings (SSSR count). The second-order valence-corrected chi connectivity index (χ2v) is 6.97. The van der Waals surface area contributed by atoms with E-state index in [0.717, 1.165) is 40.5 Å². The Morgan fingerprint density at radius 1 is 1.23 bits per heavy atom. The van der Waals surface area contributed by atoms with Crippen LogP contribution < -0.4 is 5.56 Å². The first-order valence-corrected chi connectivity index (χ1v) is 9.31. The summed E-state index contributed by atoms with van der Waals surface area (Å²) >= 11 is 3.12. The third-order valence-electron chi connectivity index (χ3n) is 3.48. The smallest absolute Gasteiger partial charge is 0.272 e. The molecule has 0 atom stereocenters. The van der Waals surface area contributed by atoms with Gasteiger partial charge in [0.2, 0.25) is 0 Å². The maximum absolute atomic E-state index is 12.6. The van der Waals surface area contributed by atoms with Gasteiger partial charge in [-0.2, -0.15) is 0 Å². The van der Waals surface area contributed by atoms with Crippen LogP contribution in [0.3, 0.4) is 0 Å². The minimum absolute atomic E-state index is 0.101. The van der Waals surface area contributed by atoms with E-state index in [9.17, 15) is 4.79 Å². The molecule has 0 aliphatic heterocycles. The van der Waals surface area contributed by atoms with Crippen LogP contribution in [0, 0.1) is 0 Å². The van der Waals surface area contributed by atoms with Crippen molar-refractivity contribution in [3.63, 3.8) is 0 Å². The summed E-state index contributed by atoms with van der Waals surface area (Å²) in [6.07, 6.45) is 2.06. The summed E-state index contributed by atoms with van der Waals surface area (Å²) in [5, 5.41) is 2.77. The molecule has 0 radical (unpaired) electrons. The molecule has 0 amide bonds. The van der Waals surface area contributed by atoms with E-state index in [-0.39, 0.29) is 5.56 Å². The summed E-state index contributed by atoms with van der Waals surface area (Å²) in [6, 6.07) is 12.2. The molecule has 0 saturated heterocycles. The van der Waals surface area contributed by atoms with E-state index in [1.807, 2.05) is 34.2 Å². The van der Waals surface area contributed by atoms with Gasteiger partial charge in [0, 0.05) is 12.3 Å². The number of benzene rings is 1. The number of hydrogen-bond donors (Lipinski definition) is 0. The highest BCUT2D eigenvalue weighted by Gasteiger charge is 2.12. The lowest BCUT2D eigenvalue weighted by Crippen LogP contribution is -2.22. The van der Waals surface area contributed by atoms with Crippen molar-refractivity contribution < 1.29 is 0 Å². The molecule has 1 aromatic carbocycles. The van der Waals surface area contributed by atoms with E-state index >= 15 is 0 Å². The molecule has 2 aromatic heterocycles. The highest BCUT2D eigenvalue weighted by Crippen LogP contribution is 2.24. The lowest BCUT2D eigenvalue weighted by molar-refractivity contribution is 0.558. The van der Waals surface area contributed by atoms with Gasteiger partial charge in [-0.25, -0.2) is 4.98 Å². The first kappa shape index (κ1) is 15.3. The minimum atomic E-state index is 0.101. The molecule has 0 unspecified atom stereocenters. The van der Waals surface area contributed by atoms with Crippen LogP contribution in [0.2, 0.25) is 0 Å². The number of aromatic nitrogens is 2. The van der Waals surface area contributed by atoms with Crippen LogP contribution in [0.15, 0.2) is 51.7 Å². The fourth-order valence-corrected chi connectivity index (χ4v) is 4.03. The van der Waals surface area contributed by atoms with Crippen molar-refractivity contribution in [2.24, 2.45) is 0 Å². The Morgan fingerprint density at radius 2 is 2.05 bits per heavy atom. The van der Waals surface area contributed by atoms with Crippen molar-refractivity contribution in [1.82, 2.24) is 9.55 Å². The van der Waals surface area contributed by atoms with E-state index in [4.69, 9.17) is 4.98 Å². The lowest BCUT2D eigenvalue weighted by Gasteiger charge is -2.11. The van der Waals surface area contributed by atoms with E-state index in [1.54, 1.807) is 11.8 Å². The van der Waals surface area contributed by atoms with Gasteiger partial charge in [-0.05, 0) is 23.4 Å². The average molecular weight is 330 g/mol. The number of fused-ring (bicyclic) bond motifs is 1. The van der Waals surface area contributed by atoms with E-state index in [1.165, 1.54) is 16.9 Å². The van der Waals surface area contributed by atoms with Crippen molar-refractivity contribution in [2.75, 3.05) is 0 Å². The first-order chi connectivity index (χ1) is 10.8. The molecule has 0 aliphatic carbocycles. The molecular weight excluding hydrogens is 312 g/mol. The fourth-order valence-electron chi connectivity index (χ4n) is 2.27. The van der Waals surface area contributed by atoms with Crippen LogP contribution in [-0.4, -0.2) is 9.55 Å². The summed E-state index contributed by atoms with van der Waals surface area (Å²) < 4.78 is 2.61. The topological polar surface area (TPSA) is 34.9 Å². The summed E-state index contributed by atoms with van der Waals surface area (Å²) in [5.41, 5.74) is 2.16. The molecule has 0 fully saturated rings. The van der Waals surface area contributed by atoms with Crippen LogP contribution in [-0.2, 0) is 12.3 Å². The van der Waals surface area contributed by atoms with Crippen LogP contribution in [0.5, 0.6) is 0 Å². The number of thioether (sulfide) groups is 1. The molecule has 0 saturated carbocycles. The molecule has 0 spiro atoms. The van der Waals surface area contributed by atoms with Crippen LogP contribution in [0.1, 0.15) is 25.3 Å². The number of hydrogen-bond acceptors (Lipinski definition) is 4.